The minimum atomic E-state index is 0.250. The summed E-state index contributed by atoms with van der Waals surface area (Å²) in [6.45, 7) is 0.250. The molecule has 3 nitrogen and oxygen atoms in total. The standard InChI is InChI=1S/C16H12O3/c1-17-15-12-7-6-10-4-2-3-5-11(10)13(12)8-14-16(15)19-9-18-14/h2-8H,9H2,1H3. The van der Waals surface area contributed by atoms with Crippen LogP contribution in [0.4, 0.5) is 0 Å². The number of hydrogen-bond donors (Lipinski definition) is 0. The van der Waals surface area contributed by atoms with Crippen molar-refractivity contribution in [3.05, 3.63) is 42.5 Å². The number of benzene rings is 3. The highest BCUT2D eigenvalue weighted by molar-refractivity contribution is 6.11. The van der Waals surface area contributed by atoms with E-state index in [1.54, 1.807) is 7.11 Å². The Morgan fingerprint density at radius 2 is 1.84 bits per heavy atom. The van der Waals surface area contributed by atoms with Crippen LogP contribution in [0.2, 0.25) is 0 Å². The molecule has 3 aromatic carbocycles. The Hall–Kier alpha value is -2.42. The van der Waals surface area contributed by atoms with Crippen molar-refractivity contribution < 1.29 is 14.2 Å². The molecule has 0 atom stereocenters. The topological polar surface area (TPSA) is 27.7 Å². The Bertz CT molecular complexity index is 793. The van der Waals surface area contributed by atoms with Gasteiger partial charge in [0.2, 0.25) is 12.5 Å². The zero-order valence-corrected chi connectivity index (χ0v) is 10.5. The van der Waals surface area contributed by atoms with Crippen LogP contribution < -0.4 is 14.2 Å². The molecule has 0 aliphatic carbocycles. The average molecular weight is 252 g/mol. The molecule has 1 aliphatic heterocycles. The maximum atomic E-state index is 5.51. The zero-order valence-electron chi connectivity index (χ0n) is 10.5. The van der Waals surface area contributed by atoms with Crippen LogP contribution in [0.25, 0.3) is 21.5 Å². The van der Waals surface area contributed by atoms with E-state index in [4.69, 9.17) is 14.2 Å². The summed E-state index contributed by atoms with van der Waals surface area (Å²) in [6, 6.07) is 14.5. The van der Waals surface area contributed by atoms with Crippen molar-refractivity contribution in [2.24, 2.45) is 0 Å². The van der Waals surface area contributed by atoms with Crippen LogP contribution in [0.15, 0.2) is 42.5 Å². The van der Waals surface area contributed by atoms with Crippen molar-refractivity contribution in [3.8, 4) is 17.2 Å². The second-order valence-corrected chi connectivity index (χ2v) is 4.53. The number of fused-ring (bicyclic) bond motifs is 4. The van der Waals surface area contributed by atoms with Gasteiger partial charge in [0.25, 0.3) is 0 Å². The molecule has 4 rings (SSSR count). The van der Waals surface area contributed by atoms with Crippen LogP contribution >= 0.6 is 0 Å². The number of ether oxygens (including phenoxy) is 3. The van der Waals surface area contributed by atoms with Crippen molar-refractivity contribution in [3.63, 3.8) is 0 Å². The second-order valence-electron chi connectivity index (χ2n) is 4.53. The van der Waals surface area contributed by atoms with Gasteiger partial charge in [-0.2, -0.15) is 0 Å². The molecule has 0 radical (unpaired) electrons. The van der Waals surface area contributed by atoms with Gasteiger partial charge in [0.05, 0.1) is 7.11 Å². The summed E-state index contributed by atoms with van der Waals surface area (Å²) >= 11 is 0. The van der Waals surface area contributed by atoms with E-state index in [1.807, 2.05) is 18.2 Å². The summed E-state index contributed by atoms with van der Waals surface area (Å²) < 4.78 is 16.5. The molecule has 0 N–H and O–H groups in total. The molecule has 0 bridgehead atoms. The predicted octanol–water partition coefficient (Wildman–Crippen LogP) is 3.73. The van der Waals surface area contributed by atoms with Crippen molar-refractivity contribution in [1.82, 2.24) is 0 Å². The summed E-state index contributed by atoms with van der Waals surface area (Å²) in [6.07, 6.45) is 0. The number of hydrogen-bond acceptors (Lipinski definition) is 3. The third-order valence-electron chi connectivity index (χ3n) is 3.54. The first-order valence-corrected chi connectivity index (χ1v) is 6.16. The molecule has 3 aromatic rings. The molecule has 0 saturated carbocycles. The average Bonchev–Trinajstić information content (AvgIpc) is 2.92. The molecule has 94 valence electrons. The smallest absolute Gasteiger partial charge is 0.231 e. The van der Waals surface area contributed by atoms with Gasteiger partial charge < -0.3 is 14.2 Å². The third-order valence-corrected chi connectivity index (χ3v) is 3.54. The Kier molecular flexibility index (Phi) is 2.09. The number of rotatable bonds is 1. The lowest BCUT2D eigenvalue weighted by atomic mass is 10.0. The van der Waals surface area contributed by atoms with Crippen molar-refractivity contribution in [1.29, 1.82) is 0 Å². The molecule has 0 fully saturated rings. The lowest BCUT2D eigenvalue weighted by molar-refractivity contribution is 0.171. The Morgan fingerprint density at radius 3 is 2.74 bits per heavy atom. The highest BCUT2D eigenvalue weighted by Crippen LogP contribution is 2.47. The summed E-state index contributed by atoms with van der Waals surface area (Å²) in [7, 11) is 1.66. The van der Waals surface area contributed by atoms with Crippen LogP contribution in [0.3, 0.4) is 0 Å². The maximum absolute atomic E-state index is 5.51. The molecular formula is C16H12O3. The zero-order chi connectivity index (χ0) is 12.8. The van der Waals surface area contributed by atoms with Gasteiger partial charge in [-0.25, -0.2) is 0 Å². The Balaban J connectivity index is 2.21. The van der Waals surface area contributed by atoms with E-state index < -0.39 is 0 Å². The normalized spacial score (nSPS) is 13.1. The lowest BCUT2D eigenvalue weighted by Gasteiger charge is -2.11. The molecule has 0 amide bonds. The van der Waals surface area contributed by atoms with Gasteiger partial charge in [-0.05, 0) is 28.3 Å². The van der Waals surface area contributed by atoms with Gasteiger partial charge in [0, 0.05) is 5.39 Å². The Labute approximate surface area is 110 Å². The van der Waals surface area contributed by atoms with E-state index in [0.29, 0.717) is 5.75 Å². The molecule has 0 spiro atoms. The van der Waals surface area contributed by atoms with E-state index in [0.717, 1.165) is 22.3 Å². The molecular weight excluding hydrogens is 240 g/mol. The quantitative estimate of drug-likeness (QED) is 0.618. The summed E-state index contributed by atoms with van der Waals surface area (Å²) in [5, 5.41) is 4.57. The van der Waals surface area contributed by atoms with E-state index in [9.17, 15) is 0 Å². The van der Waals surface area contributed by atoms with Crippen molar-refractivity contribution in [2.75, 3.05) is 13.9 Å². The fourth-order valence-electron chi connectivity index (χ4n) is 2.68. The summed E-state index contributed by atoms with van der Waals surface area (Å²) in [5.41, 5.74) is 0. The SMILES string of the molecule is COc1c2c(cc3c1ccc1ccccc13)OCO2. The second kappa shape index (κ2) is 3.79. The first-order chi connectivity index (χ1) is 9.38. The van der Waals surface area contributed by atoms with E-state index >= 15 is 0 Å². The van der Waals surface area contributed by atoms with Crippen LogP contribution in [-0.4, -0.2) is 13.9 Å². The summed E-state index contributed by atoms with van der Waals surface area (Å²) in [5.74, 6) is 2.20. The molecule has 1 aliphatic rings. The monoisotopic (exact) mass is 252 g/mol. The molecule has 3 heteroatoms. The first kappa shape index (κ1) is 10.5. The van der Waals surface area contributed by atoms with Crippen LogP contribution in [-0.2, 0) is 0 Å². The molecule has 0 saturated heterocycles. The summed E-state index contributed by atoms with van der Waals surface area (Å²) in [4.78, 5) is 0. The van der Waals surface area contributed by atoms with Crippen LogP contribution in [0, 0.1) is 0 Å². The fourth-order valence-corrected chi connectivity index (χ4v) is 2.68. The van der Waals surface area contributed by atoms with Gasteiger partial charge >= 0.3 is 0 Å². The molecule has 0 unspecified atom stereocenters. The van der Waals surface area contributed by atoms with E-state index in [2.05, 4.69) is 24.3 Å². The molecule has 0 aromatic heterocycles. The molecule has 1 heterocycles. The van der Waals surface area contributed by atoms with Gasteiger partial charge in [-0.3, -0.25) is 0 Å². The third kappa shape index (κ3) is 1.38. The van der Waals surface area contributed by atoms with E-state index in [1.165, 1.54) is 10.8 Å². The van der Waals surface area contributed by atoms with Crippen LogP contribution in [0.1, 0.15) is 0 Å². The van der Waals surface area contributed by atoms with Gasteiger partial charge in [0.15, 0.2) is 11.5 Å². The van der Waals surface area contributed by atoms with Gasteiger partial charge in [-0.1, -0.05) is 30.3 Å². The van der Waals surface area contributed by atoms with Crippen LogP contribution in [0.5, 0.6) is 17.2 Å². The first-order valence-electron chi connectivity index (χ1n) is 6.16. The lowest BCUT2D eigenvalue weighted by Crippen LogP contribution is -1.94. The fraction of sp³-hybridized carbons (Fsp3) is 0.125. The predicted molar refractivity (Wildman–Crippen MR) is 74.1 cm³/mol. The Morgan fingerprint density at radius 1 is 0.947 bits per heavy atom. The van der Waals surface area contributed by atoms with Crippen molar-refractivity contribution in [2.45, 2.75) is 0 Å². The highest BCUT2D eigenvalue weighted by atomic mass is 16.7. The largest absolute Gasteiger partial charge is 0.492 e. The minimum absolute atomic E-state index is 0.250. The molecule has 19 heavy (non-hydrogen) atoms. The van der Waals surface area contributed by atoms with Crippen molar-refractivity contribution >= 4 is 21.5 Å². The minimum Gasteiger partial charge on any atom is -0.492 e. The highest BCUT2D eigenvalue weighted by Gasteiger charge is 2.22. The maximum Gasteiger partial charge on any atom is 0.231 e. The van der Waals surface area contributed by atoms with Gasteiger partial charge in [0.1, 0.15) is 0 Å². The van der Waals surface area contributed by atoms with E-state index in [-0.39, 0.29) is 6.79 Å². The number of methoxy groups -OCH3 is 1. The van der Waals surface area contributed by atoms with Gasteiger partial charge in [-0.15, -0.1) is 0 Å².